The van der Waals surface area contributed by atoms with Crippen molar-refractivity contribution in [2.75, 3.05) is 18.9 Å². The van der Waals surface area contributed by atoms with Gasteiger partial charge in [0, 0.05) is 0 Å². The third kappa shape index (κ3) is 10.4. The van der Waals surface area contributed by atoms with Crippen molar-refractivity contribution in [1.29, 1.82) is 5.26 Å². The Bertz CT molecular complexity index is 1940. The Morgan fingerprint density at radius 3 is 2.27 bits per heavy atom. The minimum atomic E-state index is -4.49. The number of rotatable bonds is 17. The normalized spacial score (nSPS) is 18.1. The number of nitrogens with two attached hydrogens (primary N) is 1. The van der Waals surface area contributed by atoms with E-state index in [4.69, 9.17) is 33.7 Å². The maximum Gasteiger partial charge on any atom is 0.459 e. The number of nitrogens with one attached hydrogen (secondary N) is 1. The van der Waals surface area contributed by atoms with Gasteiger partial charge in [0.05, 0.1) is 17.5 Å². The molecule has 0 bridgehead atoms. The first kappa shape index (κ1) is 42.4. The van der Waals surface area contributed by atoms with Gasteiger partial charge in [0.2, 0.25) is 0 Å². The summed E-state index contributed by atoms with van der Waals surface area (Å²) in [5.41, 5.74) is 7.71. The van der Waals surface area contributed by atoms with Crippen LogP contribution in [0.3, 0.4) is 0 Å². The van der Waals surface area contributed by atoms with Crippen LogP contribution in [0.25, 0.3) is 5.52 Å². The molecule has 0 radical (unpaired) electrons. The predicted molar refractivity (Wildman–Crippen MR) is 204 cm³/mol. The van der Waals surface area contributed by atoms with E-state index in [9.17, 15) is 24.2 Å². The summed E-state index contributed by atoms with van der Waals surface area (Å²) in [5.74, 6) is -3.05. The van der Waals surface area contributed by atoms with E-state index in [1.165, 1.54) is 23.7 Å². The molecule has 3 N–H and O–H groups in total. The molecule has 17 heteroatoms. The topological polar surface area (TPSA) is 216 Å². The van der Waals surface area contributed by atoms with Crippen LogP contribution in [-0.4, -0.2) is 64.0 Å². The molecule has 2 aliphatic carbocycles. The zero-order valence-electron chi connectivity index (χ0n) is 33.1. The molecule has 1 spiro atoms. The molecule has 2 heterocycles. The first-order valence-corrected chi connectivity index (χ1v) is 20.5. The van der Waals surface area contributed by atoms with E-state index in [1.54, 1.807) is 58.2 Å². The Morgan fingerprint density at radius 2 is 1.66 bits per heavy atom. The number of carbonyl (C=O) groups excluding carboxylic acids is 3. The first-order chi connectivity index (χ1) is 26.4. The summed E-state index contributed by atoms with van der Waals surface area (Å²) in [7, 11) is -4.49. The number of nitriles is 1. The fourth-order valence-corrected chi connectivity index (χ4v) is 8.23. The summed E-state index contributed by atoms with van der Waals surface area (Å²) >= 11 is 0. The molecule has 0 saturated heterocycles. The van der Waals surface area contributed by atoms with Gasteiger partial charge in [0.15, 0.2) is 24.1 Å². The number of anilines is 1. The van der Waals surface area contributed by atoms with Crippen LogP contribution < -0.4 is 15.3 Å². The van der Waals surface area contributed by atoms with E-state index in [0.717, 1.165) is 31.2 Å². The lowest BCUT2D eigenvalue weighted by molar-refractivity contribution is -0.184. The lowest BCUT2D eigenvalue weighted by Gasteiger charge is -2.44. The number of hydrogen-bond donors (Lipinski definition) is 2. The average molecular weight is 797 g/mol. The Labute approximate surface area is 327 Å². The predicted octanol–water partition coefficient (Wildman–Crippen LogP) is 6.34. The zero-order valence-corrected chi connectivity index (χ0v) is 34.0. The molecule has 2 aliphatic rings. The van der Waals surface area contributed by atoms with Crippen LogP contribution in [0.15, 0.2) is 42.7 Å². The summed E-state index contributed by atoms with van der Waals surface area (Å²) in [6, 6.07) is 10.0. The fourth-order valence-electron chi connectivity index (χ4n) is 6.95. The number of fused-ring (bicyclic) bond motifs is 1. The van der Waals surface area contributed by atoms with Crippen LogP contribution in [0.4, 0.5) is 5.82 Å². The van der Waals surface area contributed by atoms with Gasteiger partial charge in [-0.1, -0.05) is 73.4 Å². The van der Waals surface area contributed by atoms with E-state index in [-0.39, 0.29) is 34.2 Å². The molecule has 1 unspecified atom stereocenters. The molecule has 16 nitrogen and oxygen atoms in total. The first-order valence-electron chi connectivity index (χ1n) is 19.0. The lowest BCUT2D eigenvalue weighted by atomic mass is 9.65. The van der Waals surface area contributed by atoms with Crippen LogP contribution in [0, 0.1) is 28.8 Å². The Kier molecular flexibility index (Phi) is 13.3. The third-order valence-electron chi connectivity index (χ3n) is 10.2. The maximum atomic E-state index is 14.6. The largest absolute Gasteiger partial charge is 0.461 e. The van der Waals surface area contributed by atoms with Gasteiger partial charge in [-0.25, -0.2) is 19.2 Å². The SMILES string of the molecule is CC(C)C(=O)O[C@H]([C@@H](COP(=O)(NCC(=O)OC1CC2(CCCC2)C1)Oc1ccc(C(C)(C)C)cc1)OC#N)[C@@H](OC(=O)C(C)C)c1ccc2c(N)ncnn12. The van der Waals surface area contributed by atoms with Crippen LogP contribution in [0.2, 0.25) is 0 Å². The van der Waals surface area contributed by atoms with E-state index in [0.29, 0.717) is 5.52 Å². The van der Waals surface area contributed by atoms with Crippen LogP contribution in [-0.2, 0) is 47.8 Å². The van der Waals surface area contributed by atoms with Crippen LogP contribution in [0.5, 0.6) is 5.75 Å². The molecule has 4 atom stereocenters. The summed E-state index contributed by atoms with van der Waals surface area (Å²) in [6.45, 7) is 11.3. The van der Waals surface area contributed by atoms with E-state index in [2.05, 4.69) is 15.2 Å². The highest BCUT2D eigenvalue weighted by molar-refractivity contribution is 7.52. The van der Waals surface area contributed by atoms with Crippen molar-refractivity contribution < 1.29 is 46.9 Å². The fraction of sp³-hybridized carbons (Fsp3) is 0.590. The molecule has 2 fully saturated rings. The summed E-state index contributed by atoms with van der Waals surface area (Å²) in [4.78, 5) is 43.5. The molecular weight excluding hydrogens is 743 g/mol. The van der Waals surface area contributed by atoms with Gasteiger partial charge in [-0.15, -0.1) is 0 Å². The van der Waals surface area contributed by atoms with Gasteiger partial charge >= 0.3 is 25.7 Å². The van der Waals surface area contributed by atoms with Gasteiger partial charge in [-0.3, -0.25) is 18.9 Å². The van der Waals surface area contributed by atoms with Gasteiger partial charge in [-0.2, -0.15) is 10.4 Å². The molecule has 56 heavy (non-hydrogen) atoms. The van der Waals surface area contributed by atoms with Crippen LogP contribution in [0.1, 0.15) is 104 Å². The molecular formula is C39H53N6O10P. The lowest BCUT2D eigenvalue weighted by Crippen LogP contribution is -2.44. The van der Waals surface area contributed by atoms with Crippen molar-refractivity contribution >= 4 is 37.0 Å². The number of nitrogen functional groups attached to an aromatic ring is 1. The maximum absolute atomic E-state index is 14.6. The minimum Gasteiger partial charge on any atom is -0.461 e. The molecule has 0 aliphatic heterocycles. The Morgan fingerprint density at radius 1 is 1.02 bits per heavy atom. The van der Waals surface area contributed by atoms with Crippen molar-refractivity contribution in [1.82, 2.24) is 19.7 Å². The van der Waals surface area contributed by atoms with Crippen molar-refractivity contribution in [2.24, 2.45) is 17.3 Å². The molecule has 5 rings (SSSR count). The number of esters is 3. The smallest absolute Gasteiger partial charge is 0.459 e. The van der Waals surface area contributed by atoms with E-state index in [1.807, 2.05) is 32.9 Å². The number of carbonyl (C=O) groups is 3. The second kappa shape index (κ2) is 17.6. The van der Waals surface area contributed by atoms with Gasteiger partial charge < -0.3 is 29.2 Å². The highest BCUT2D eigenvalue weighted by Gasteiger charge is 2.48. The molecule has 1 aromatic carbocycles. The quantitative estimate of drug-likeness (QED) is 0.0659. The molecule has 2 saturated carbocycles. The Balaban J connectivity index is 1.44. The van der Waals surface area contributed by atoms with Gasteiger partial charge in [0.25, 0.3) is 6.26 Å². The number of benzene rings is 1. The number of hydrogen-bond acceptors (Lipinski definition) is 14. The monoisotopic (exact) mass is 796 g/mol. The highest BCUT2D eigenvalue weighted by atomic mass is 31.2. The minimum absolute atomic E-state index is 0.123. The summed E-state index contributed by atoms with van der Waals surface area (Å²) in [6.07, 6.45) is 4.19. The Hall–Kier alpha value is -4.71. The third-order valence-corrected chi connectivity index (χ3v) is 11.7. The summed E-state index contributed by atoms with van der Waals surface area (Å²) < 4.78 is 50.7. The van der Waals surface area contributed by atoms with Gasteiger partial charge in [0.1, 0.15) is 36.8 Å². The highest BCUT2D eigenvalue weighted by Crippen LogP contribution is 2.54. The van der Waals surface area contributed by atoms with Crippen LogP contribution >= 0.6 is 7.75 Å². The second-order valence-electron chi connectivity index (χ2n) is 16.2. The molecule has 0 amide bonds. The van der Waals surface area contributed by atoms with E-state index < -0.39 is 69.0 Å². The standard InChI is InChI=1S/C39H53N6O10P/c1-24(2)36(47)53-33(29-14-15-30-35(41)42-23-43-45(29)30)34(54-37(48)25(3)4)31(50-22-40)21-51-56(49,55-27-12-10-26(11-13-27)38(5,6)7)44-20-32(46)52-28-18-39(19-28)16-8-9-17-39/h10-15,23-25,28,31,33-34H,8-9,16-21H2,1-7H3,(H,44,49)(H2,41,42,43)/t31-,33+,34-,56?/m1/s1. The number of ether oxygens (including phenoxy) is 4. The second-order valence-corrected chi connectivity index (χ2v) is 18.0. The average Bonchev–Trinajstić information content (AvgIpc) is 3.79. The van der Waals surface area contributed by atoms with Gasteiger partial charge in [-0.05, 0) is 66.3 Å². The zero-order chi connectivity index (χ0) is 40.8. The van der Waals surface area contributed by atoms with Crippen molar-refractivity contribution in [3.63, 3.8) is 0 Å². The molecule has 3 aromatic rings. The van der Waals surface area contributed by atoms with Crippen molar-refractivity contribution in [2.45, 2.75) is 117 Å². The number of nitrogens with zero attached hydrogens (tertiary/aromatic N) is 4. The number of aromatic nitrogens is 3. The van der Waals surface area contributed by atoms with Crippen molar-refractivity contribution in [3.05, 3.63) is 54.0 Å². The molecule has 2 aromatic heterocycles. The van der Waals surface area contributed by atoms with Crippen molar-refractivity contribution in [3.8, 4) is 12.0 Å². The van der Waals surface area contributed by atoms with E-state index >= 15 is 0 Å². The molecule has 304 valence electrons. The summed E-state index contributed by atoms with van der Waals surface area (Å²) in [5, 5.41) is 16.7.